The molecule has 2 aliphatic rings. The third-order valence-electron chi connectivity index (χ3n) is 5.90. The molecule has 2 saturated heterocycles. The van der Waals surface area contributed by atoms with Crippen LogP contribution in [0.25, 0.3) is 10.8 Å². The third-order valence-corrected chi connectivity index (χ3v) is 5.90. The van der Waals surface area contributed by atoms with E-state index in [-0.39, 0.29) is 25.1 Å². The lowest BCUT2D eigenvalue weighted by molar-refractivity contribution is -0.133. The van der Waals surface area contributed by atoms with Crippen molar-refractivity contribution in [2.24, 2.45) is 5.92 Å². The average Bonchev–Trinajstić information content (AvgIpc) is 2.94. The molecule has 0 bridgehead atoms. The summed E-state index contributed by atoms with van der Waals surface area (Å²) in [4.78, 5) is 29.2. The van der Waals surface area contributed by atoms with E-state index in [1.807, 2.05) is 42.5 Å². The summed E-state index contributed by atoms with van der Waals surface area (Å²) >= 11 is 0. The number of benzene rings is 2. The van der Waals surface area contributed by atoms with Gasteiger partial charge in [0.15, 0.2) is 0 Å². The highest BCUT2D eigenvalue weighted by Gasteiger charge is 2.52. The Balaban J connectivity index is 1.36. The second kappa shape index (κ2) is 8.03. The Labute approximate surface area is 171 Å². The van der Waals surface area contributed by atoms with Gasteiger partial charge in [-0.3, -0.25) is 9.69 Å². The quantitative estimate of drug-likeness (QED) is 0.763. The van der Waals surface area contributed by atoms with E-state index >= 15 is 0 Å². The predicted molar refractivity (Wildman–Crippen MR) is 113 cm³/mol. The lowest BCUT2D eigenvalue weighted by Crippen LogP contribution is -2.55. The molecule has 0 saturated carbocycles. The van der Waals surface area contributed by atoms with Gasteiger partial charge < -0.3 is 15.0 Å². The molecule has 2 aromatic carbocycles. The van der Waals surface area contributed by atoms with Crippen LogP contribution in [-0.2, 0) is 4.79 Å². The smallest absolute Gasteiger partial charge is 0.325 e. The summed E-state index contributed by atoms with van der Waals surface area (Å²) in [6.45, 7) is 7.64. The third kappa shape index (κ3) is 3.94. The summed E-state index contributed by atoms with van der Waals surface area (Å²) < 4.78 is 5.93. The van der Waals surface area contributed by atoms with Gasteiger partial charge in [0, 0.05) is 25.0 Å². The van der Waals surface area contributed by atoms with Gasteiger partial charge in [-0.25, -0.2) is 4.79 Å². The zero-order chi connectivity index (χ0) is 20.4. The Kier molecular flexibility index (Phi) is 5.46. The molecule has 0 unspecified atom stereocenters. The van der Waals surface area contributed by atoms with Gasteiger partial charge in [0.05, 0.1) is 6.54 Å². The molecule has 2 fully saturated rings. The number of piperidine rings is 1. The van der Waals surface area contributed by atoms with Gasteiger partial charge in [0.2, 0.25) is 0 Å². The number of nitrogens with zero attached hydrogens (tertiary/aromatic N) is 2. The van der Waals surface area contributed by atoms with Gasteiger partial charge in [0.25, 0.3) is 5.91 Å². The van der Waals surface area contributed by atoms with E-state index in [1.165, 1.54) is 4.90 Å². The van der Waals surface area contributed by atoms with Crippen molar-refractivity contribution < 1.29 is 14.3 Å². The van der Waals surface area contributed by atoms with E-state index in [9.17, 15) is 9.59 Å². The Morgan fingerprint density at radius 2 is 1.79 bits per heavy atom. The summed E-state index contributed by atoms with van der Waals surface area (Å²) in [5, 5.41) is 5.11. The van der Waals surface area contributed by atoms with E-state index in [1.54, 1.807) is 0 Å². The van der Waals surface area contributed by atoms with E-state index in [4.69, 9.17) is 4.74 Å². The van der Waals surface area contributed by atoms with Crippen molar-refractivity contribution in [3.8, 4) is 5.75 Å². The molecular formula is C23H29N3O3. The normalized spacial score (nSPS) is 19.3. The molecule has 29 heavy (non-hydrogen) atoms. The van der Waals surface area contributed by atoms with E-state index in [2.05, 4.69) is 24.1 Å². The molecule has 0 atom stereocenters. The maximum atomic E-state index is 13.0. The summed E-state index contributed by atoms with van der Waals surface area (Å²) in [7, 11) is 0. The number of rotatable bonds is 6. The maximum Gasteiger partial charge on any atom is 0.325 e. The number of likely N-dealkylation sites (tertiary alicyclic amines) is 1. The number of imide groups is 1. The van der Waals surface area contributed by atoms with Crippen LogP contribution in [0.3, 0.4) is 0 Å². The lowest BCUT2D eigenvalue weighted by atomic mass is 9.87. The largest absolute Gasteiger partial charge is 0.491 e. The summed E-state index contributed by atoms with van der Waals surface area (Å²) in [5.74, 6) is 1.26. The zero-order valence-electron chi connectivity index (χ0n) is 17.2. The minimum Gasteiger partial charge on any atom is -0.491 e. The summed E-state index contributed by atoms with van der Waals surface area (Å²) in [5.41, 5.74) is -0.732. The molecule has 3 amide bonds. The van der Waals surface area contributed by atoms with Crippen molar-refractivity contribution in [1.29, 1.82) is 0 Å². The van der Waals surface area contributed by atoms with Gasteiger partial charge in [-0.05, 0) is 30.2 Å². The van der Waals surface area contributed by atoms with Crippen molar-refractivity contribution in [1.82, 2.24) is 15.1 Å². The molecule has 0 radical (unpaired) electrons. The fraction of sp³-hybridized carbons (Fsp3) is 0.478. The number of amides is 3. The second-order valence-electron chi connectivity index (χ2n) is 8.49. The molecule has 2 aliphatic heterocycles. The molecule has 154 valence electrons. The Morgan fingerprint density at radius 1 is 1.07 bits per heavy atom. The molecule has 2 aromatic rings. The second-order valence-corrected chi connectivity index (χ2v) is 8.49. The molecule has 2 heterocycles. The molecule has 1 N–H and O–H groups in total. The molecule has 6 nitrogen and oxygen atoms in total. The van der Waals surface area contributed by atoms with E-state index in [0.717, 1.165) is 36.2 Å². The SMILES string of the molecule is CC(C)CN1CCC2(CC1)NC(=O)N(CCOc1cccc3ccccc13)C2=O. The highest BCUT2D eigenvalue weighted by atomic mass is 16.5. The number of urea groups is 1. The first-order valence-corrected chi connectivity index (χ1v) is 10.5. The van der Waals surface area contributed by atoms with Gasteiger partial charge in [-0.2, -0.15) is 0 Å². The van der Waals surface area contributed by atoms with Crippen molar-refractivity contribution in [2.45, 2.75) is 32.2 Å². The fourth-order valence-electron chi connectivity index (χ4n) is 4.42. The van der Waals surface area contributed by atoms with E-state index in [0.29, 0.717) is 18.8 Å². The monoisotopic (exact) mass is 395 g/mol. The maximum absolute atomic E-state index is 13.0. The van der Waals surface area contributed by atoms with Crippen LogP contribution in [0.15, 0.2) is 42.5 Å². The fourth-order valence-corrected chi connectivity index (χ4v) is 4.42. The van der Waals surface area contributed by atoms with Crippen LogP contribution in [0.5, 0.6) is 5.75 Å². The average molecular weight is 396 g/mol. The van der Waals surface area contributed by atoms with Crippen LogP contribution in [0.2, 0.25) is 0 Å². The number of nitrogens with one attached hydrogen (secondary N) is 1. The topological polar surface area (TPSA) is 61.9 Å². The molecule has 1 spiro atoms. The minimum atomic E-state index is -0.732. The van der Waals surface area contributed by atoms with Crippen LogP contribution in [0.4, 0.5) is 4.79 Å². The van der Waals surface area contributed by atoms with Crippen LogP contribution in [0, 0.1) is 5.92 Å². The molecular weight excluding hydrogens is 366 g/mol. The molecule has 0 aromatic heterocycles. The predicted octanol–water partition coefficient (Wildman–Crippen LogP) is 3.26. The van der Waals surface area contributed by atoms with Crippen LogP contribution >= 0.6 is 0 Å². The summed E-state index contributed by atoms with van der Waals surface area (Å²) in [6, 6.07) is 13.6. The van der Waals surface area contributed by atoms with Gasteiger partial charge in [0.1, 0.15) is 17.9 Å². The van der Waals surface area contributed by atoms with Crippen molar-refractivity contribution in [3.63, 3.8) is 0 Å². The first kappa shape index (κ1) is 19.7. The number of fused-ring (bicyclic) bond motifs is 1. The minimum absolute atomic E-state index is 0.104. The Bertz CT molecular complexity index is 898. The van der Waals surface area contributed by atoms with Crippen LogP contribution in [0.1, 0.15) is 26.7 Å². The number of carbonyl (C=O) groups excluding carboxylic acids is 2. The van der Waals surface area contributed by atoms with Crippen molar-refractivity contribution in [2.75, 3.05) is 32.8 Å². The highest BCUT2D eigenvalue weighted by Crippen LogP contribution is 2.30. The van der Waals surface area contributed by atoms with Crippen LogP contribution in [-0.4, -0.2) is 60.1 Å². The molecule has 6 heteroatoms. The number of hydrogen-bond acceptors (Lipinski definition) is 4. The number of carbonyl (C=O) groups is 2. The van der Waals surface area contributed by atoms with Gasteiger partial charge in [-0.15, -0.1) is 0 Å². The lowest BCUT2D eigenvalue weighted by Gasteiger charge is -2.37. The highest BCUT2D eigenvalue weighted by molar-refractivity contribution is 6.07. The number of ether oxygens (including phenoxy) is 1. The Morgan fingerprint density at radius 3 is 2.55 bits per heavy atom. The van der Waals surface area contributed by atoms with Crippen molar-refractivity contribution >= 4 is 22.7 Å². The Hall–Kier alpha value is -2.60. The van der Waals surface area contributed by atoms with Crippen LogP contribution < -0.4 is 10.1 Å². The van der Waals surface area contributed by atoms with Gasteiger partial charge in [-0.1, -0.05) is 50.2 Å². The van der Waals surface area contributed by atoms with Crippen molar-refractivity contribution in [3.05, 3.63) is 42.5 Å². The zero-order valence-corrected chi connectivity index (χ0v) is 17.2. The number of hydrogen-bond donors (Lipinski definition) is 1. The standard InChI is InChI=1S/C23H29N3O3/c1-17(2)16-25-12-10-23(11-13-25)21(27)26(22(28)24-23)14-15-29-20-9-5-7-18-6-3-4-8-19(18)20/h3-9,17H,10-16H2,1-2H3,(H,24,28). The summed E-state index contributed by atoms with van der Waals surface area (Å²) in [6.07, 6.45) is 1.34. The molecule has 4 rings (SSSR count). The first-order valence-electron chi connectivity index (χ1n) is 10.5. The first-order chi connectivity index (χ1) is 14.0. The molecule has 0 aliphatic carbocycles. The van der Waals surface area contributed by atoms with E-state index < -0.39 is 5.54 Å². The van der Waals surface area contributed by atoms with Gasteiger partial charge >= 0.3 is 6.03 Å².